The van der Waals surface area contributed by atoms with Gasteiger partial charge in [-0.15, -0.1) is 11.3 Å². The standard InChI is InChI=1S/C17H9F2NO2S/c18-10-2-1-8(7-11(10)19)14-13(21)4-3-12-15(14)9-5-6-23-16(9)17(22)20-12/h1-7,21H,(H,20,22). The van der Waals surface area contributed by atoms with Crippen LogP contribution in [0.2, 0.25) is 0 Å². The van der Waals surface area contributed by atoms with Gasteiger partial charge in [-0.2, -0.15) is 0 Å². The van der Waals surface area contributed by atoms with Crippen molar-refractivity contribution in [3.05, 3.63) is 63.8 Å². The molecule has 0 saturated carbocycles. The van der Waals surface area contributed by atoms with Gasteiger partial charge in [0.05, 0.1) is 0 Å². The quantitative estimate of drug-likeness (QED) is 0.544. The fraction of sp³-hybridized carbons (Fsp3) is 0. The van der Waals surface area contributed by atoms with Crippen LogP contribution in [-0.4, -0.2) is 10.1 Å². The molecule has 0 saturated heterocycles. The lowest BCUT2D eigenvalue weighted by molar-refractivity contribution is 0.477. The van der Waals surface area contributed by atoms with E-state index < -0.39 is 11.6 Å². The maximum absolute atomic E-state index is 13.6. The largest absolute Gasteiger partial charge is 0.507 e. The molecular weight excluding hydrogens is 320 g/mol. The van der Waals surface area contributed by atoms with Gasteiger partial charge in [0.2, 0.25) is 0 Å². The Kier molecular flexibility index (Phi) is 2.96. The normalized spacial score (nSPS) is 11.4. The Hall–Kier alpha value is -2.73. The molecule has 0 amide bonds. The molecule has 4 rings (SSSR count). The number of thiophene rings is 1. The summed E-state index contributed by atoms with van der Waals surface area (Å²) in [6, 6.07) is 8.24. The topological polar surface area (TPSA) is 53.1 Å². The summed E-state index contributed by atoms with van der Waals surface area (Å²) in [6.07, 6.45) is 0. The summed E-state index contributed by atoms with van der Waals surface area (Å²) < 4.78 is 27.3. The Balaban J connectivity index is 2.21. The highest BCUT2D eigenvalue weighted by Gasteiger charge is 2.16. The first kappa shape index (κ1) is 13.9. The number of aromatic hydroxyl groups is 1. The number of nitrogens with one attached hydrogen (secondary N) is 1. The maximum Gasteiger partial charge on any atom is 0.266 e. The zero-order chi connectivity index (χ0) is 16.1. The second kappa shape index (κ2) is 4.89. The van der Waals surface area contributed by atoms with E-state index in [1.807, 2.05) is 0 Å². The lowest BCUT2D eigenvalue weighted by Gasteiger charge is -2.11. The molecule has 2 N–H and O–H groups in total. The van der Waals surface area contributed by atoms with Gasteiger partial charge in [-0.05, 0) is 41.3 Å². The highest BCUT2D eigenvalue weighted by Crippen LogP contribution is 2.39. The van der Waals surface area contributed by atoms with Gasteiger partial charge in [-0.3, -0.25) is 4.79 Å². The number of phenols is 1. The first-order valence-electron chi connectivity index (χ1n) is 6.77. The summed E-state index contributed by atoms with van der Waals surface area (Å²) in [5, 5.41) is 13.3. The lowest BCUT2D eigenvalue weighted by atomic mass is 9.97. The summed E-state index contributed by atoms with van der Waals surface area (Å²) in [6.45, 7) is 0. The van der Waals surface area contributed by atoms with Crippen LogP contribution in [0.1, 0.15) is 0 Å². The van der Waals surface area contributed by atoms with Gasteiger partial charge < -0.3 is 10.1 Å². The number of hydrogen-bond donors (Lipinski definition) is 2. The maximum atomic E-state index is 13.6. The molecule has 4 aromatic rings. The van der Waals surface area contributed by atoms with E-state index in [2.05, 4.69) is 4.98 Å². The molecule has 0 atom stereocenters. The van der Waals surface area contributed by atoms with Gasteiger partial charge in [0.25, 0.3) is 5.56 Å². The van der Waals surface area contributed by atoms with Gasteiger partial charge in [0.15, 0.2) is 11.6 Å². The number of hydrogen-bond acceptors (Lipinski definition) is 3. The van der Waals surface area contributed by atoms with Crippen molar-refractivity contribution in [1.82, 2.24) is 4.98 Å². The molecule has 0 bridgehead atoms. The van der Waals surface area contributed by atoms with Crippen molar-refractivity contribution in [2.75, 3.05) is 0 Å². The molecular formula is C17H9F2NO2S. The molecule has 0 radical (unpaired) electrons. The number of H-pyrrole nitrogens is 1. The fourth-order valence-electron chi connectivity index (χ4n) is 2.78. The van der Waals surface area contributed by atoms with Crippen LogP contribution in [0.3, 0.4) is 0 Å². The Morgan fingerprint density at radius 3 is 2.65 bits per heavy atom. The van der Waals surface area contributed by atoms with Crippen molar-refractivity contribution in [3.63, 3.8) is 0 Å². The Morgan fingerprint density at radius 2 is 1.87 bits per heavy atom. The van der Waals surface area contributed by atoms with Crippen LogP contribution in [-0.2, 0) is 0 Å². The SMILES string of the molecule is O=c1[nH]c2ccc(O)c(-c3ccc(F)c(F)c3)c2c2ccsc12. The van der Waals surface area contributed by atoms with E-state index in [-0.39, 0.29) is 11.3 Å². The van der Waals surface area contributed by atoms with Crippen LogP contribution in [0.5, 0.6) is 5.75 Å². The van der Waals surface area contributed by atoms with Crippen LogP contribution in [0.15, 0.2) is 46.6 Å². The molecule has 114 valence electrons. The average molecular weight is 329 g/mol. The van der Waals surface area contributed by atoms with E-state index in [0.717, 1.165) is 12.1 Å². The molecule has 23 heavy (non-hydrogen) atoms. The van der Waals surface area contributed by atoms with Crippen molar-refractivity contribution in [2.24, 2.45) is 0 Å². The number of phenolic OH excluding ortho intramolecular Hbond substituents is 1. The summed E-state index contributed by atoms with van der Waals surface area (Å²) >= 11 is 1.28. The van der Waals surface area contributed by atoms with Crippen molar-refractivity contribution in [3.8, 4) is 16.9 Å². The third kappa shape index (κ3) is 2.03. The van der Waals surface area contributed by atoms with Gasteiger partial charge >= 0.3 is 0 Å². The second-order valence-electron chi connectivity index (χ2n) is 5.13. The van der Waals surface area contributed by atoms with Crippen LogP contribution >= 0.6 is 11.3 Å². The second-order valence-corrected chi connectivity index (χ2v) is 6.04. The number of rotatable bonds is 1. The van der Waals surface area contributed by atoms with Crippen molar-refractivity contribution < 1.29 is 13.9 Å². The minimum absolute atomic E-state index is 0.0666. The van der Waals surface area contributed by atoms with E-state index >= 15 is 0 Å². The number of aromatic amines is 1. The van der Waals surface area contributed by atoms with Crippen LogP contribution < -0.4 is 5.56 Å². The Morgan fingerprint density at radius 1 is 1.04 bits per heavy atom. The van der Waals surface area contributed by atoms with Crippen molar-refractivity contribution in [1.29, 1.82) is 0 Å². The smallest absolute Gasteiger partial charge is 0.266 e. The van der Waals surface area contributed by atoms with Crippen molar-refractivity contribution in [2.45, 2.75) is 0 Å². The molecule has 2 aromatic heterocycles. The van der Waals surface area contributed by atoms with Crippen molar-refractivity contribution >= 4 is 32.3 Å². The van der Waals surface area contributed by atoms with Gasteiger partial charge in [0.1, 0.15) is 10.4 Å². The zero-order valence-electron chi connectivity index (χ0n) is 11.6. The first-order valence-corrected chi connectivity index (χ1v) is 7.65. The molecule has 0 aliphatic rings. The van der Waals surface area contributed by atoms with E-state index in [1.165, 1.54) is 23.5 Å². The third-order valence-electron chi connectivity index (χ3n) is 3.78. The van der Waals surface area contributed by atoms with Gasteiger partial charge in [0, 0.05) is 21.9 Å². The molecule has 0 aliphatic heterocycles. The van der Waals surface area contributed by atoms with Gasteiger partial charge in [-0.25, -0.2) is 8.78 Å². The first-order chi connectivity index (χ1) is 11.1. The number of halogens is 2. The molecule has 0 spiro atoms. The predicted octanol–water partition coefficient (Wildman–Crippen LogP) is 4.39. The molecule has 2 aromatic carbocycles. The molecule has 0 aliphatic carbocycles. The lowest BCUT2D eigenvalue weighted by Crippen LogP contribution is -2.04. The zero-order valence-corrected chi connectivity index (χ0v) is 12.4. The van der Waals surface area contributed by atoms with E-state index in [9.17, 15) is 18.7 Å². The third-order valence-corrected chi connectivity index (χ3v) is 4.69. The monoisotopic (exact) mass is 329 g/mol. The van der Waals surface area contributed by atoms with E-state index in [0.29, 0.717) is 32.1 Å². The number of pyridine rings is 1. The molecule has 3 nitrogen and oxygen atoms in total. The van der Waals surface area contributed by atoms with Crippen LogP contribution in [0, 0.1) is 11.6 Å². The highest BCUT2D eigenvalue weighted by molar-refractivity contribution is 7.17. The summed E-state index contributed by atoms with van der Waals surface area (Å²) in [4.78, 5) is 14.8. The minimum atomic E-state index is -0.995. The summed E-state index contributed by atoms with van der Waals surface area (Å²) in [5.74, 6) is -2.02. The molecule has 2 heterocycles. The fourth-order valence-corrected chi connectivity index (χ4v) is 3.58. The molecule has 0 unspecified atom stereocenters. The Bertz CT molecular complexity index is 1130. The summed E-state index contributed by atoms with van der Waals surface area (Å²) in [5.41, 5.74) is 1.01. The highest BCUT2D eigenvalue weighted by atomic mass is 32.1. The minimum Gasteiger partial charge on any atom is -0.507 e. The number of benzene rings is 2. The van der Waals surface area contributed by atoms with Crippen LogP contribution in [0.4, 0.5) is 8.78 Å². The number of fused-ring (bicyclic) bond motifs is 3. The average Bonchev–Trinajstić information content (AvgIpc) is 3.01. The number of aromatic nitrogens is 1. The van der Waals surface area contributed by atoms with E-state index in [1.54, 1.807) is 17.5 Å². The molecule has 0 fully saturated rings. The predicted molar refractivity (Wildman–Crippen MR) is 87.0 cm³/mol. The van der Waals surface area contributed by atoms with Crippen LogP contribution in [0.25, 0.3) is 32.1 Å². The van der Waals surface area contributed by atoms with E-state index in [4.69, 9.17) is 0 Å². The molecule has 6 heteroatoms. The summed E-state index contributed by atoms with van der Waals surface area (Å²) in [7, 11) is 0. The van der Waals surface area contributed by atoms with Gasteiger partial charge in [-0.1, -0.05) is 6.07 Å². The Labute approximate surface area is 132 Å².